The van der Waals surface area contributed by atoms with Crippen molar-refractivity contribution in [2.24, 2.45) is 0 Å². The largest absolute Gasteiger partial charge is 0.384 e. The van der Waals surface area contributed by atoms with Crippen LogP contribution in [0, 0.1) is 13.8 Å². The fourth-order valence-electron chi connectivity index (χ4n) is 1.98. The Hall–Kier alpha value is -0.610. The molecule has 0 radical (unpaired) electrons. The number of nitrogens with zero attached hydrogens (tertiary/aromatic N) is 1. The van der Waals surface area contributed by atoms with Crippen molar-refractivity contribution in [2.75, 3.05) is 11.9 Å². The van der Waals surface area contributed by atoms with Crippen LogP contribution in [0.2, 0.25) is 0 Å². The predicted octanol–water partition coefficient (Wildman–Crippen LogP) is 5.20. The molecule has 2 rings (SSSR count). The van der Waals surface area contributed by atoms with Crippen molar-refractivity contribution in [1.82, 2.24) is 4.98 Å². The number of pyridine rings is 1. The average Bonchev–Trinajstić information content (AvgIpc) is 2.35. The van der Waals surface area contributed by atoms with Gasteiger partial charge in [-0.05, 0) is 53.9 Å². The van der Waals surface area contributed by atoms with Crippen LogP contribution in [-0.2, 0) is 0 Å². The van der Waals surface area contributed by atoms with Crippen molar-refractivity contribution in [3.8, 4) is 0 Å². The van der Waals surface area contributed by atoms with Gasteiger partial charge in [-0.1, -0.05) is 22.9 Å². The normalized spacial score (nSPS) is 10.9. The Kier molecular flexibility index (Phi) is 4.28. The molecule has 0 bridgehead atoms. The molecule has 96 valence electrons. The average molecular weight is 372 g/mol. The van der Waals surface area contributed by atoms with Gasteiger partial charge in [0.15, 0.2) is 0 Å². The molecular formula is C14H16Br2N2. The Morgan fingerprint density at radius 1 is 1.17 bits per heavy atom. The van der Waals surface area contributed by atoms with Crippen LogP contribution in [0.1, 0.15) is 24.6 Å². The molecule has 0 aliphatic heterocycles. The van der Waals surface area contributed by atoms with Gasteiger partial charge in [0.25, 0.3) is 0 Å². The monoisotopic (exact) mass is 370 g/mol. The zero-order valence-electron chi connectivity index (χ0n) is 10.8. The lowest BCUT2D eigenvalue weighted by atomic mass is 10.1. The van der Waals surface area contributed by atoms with Gasteiger partial charge in [-0.15, -0.1) is 0 Å². The first-order valence-corrected chi connectivity index (χ1v) is 7.63. The lowest BCUT2D eigenvalue weighted by Gasteiger charge is -2.16. The Morgan fingerprint density at radius 3 is 2.50 bits per heavy atom. The minimum atomic E-state index is 0.971. The highest BCUT2D eigenvalue weighted by atomic mass is 79.9. The van der Waals surface area contributed by atoms with E-state index in [2.05, 4.69) is 69.0 Å². The molecule has 0 amide bonds. The van der Waals surface area contributed by atoms with Crippen LogP contribution < -0.4 is 5.32 Å². The van der Waals surface area contributed by atoms with Crippen molar-refractivity contribution in [2.45, 2.75) is 27.2 Å². The van der Waals surface area contributed by atoms with Crippen molar-refractivity contribution in [1.29, 1.82) is 0 Å². The summed E-state index contributed by atoms with van der Waals surface area (Å²) in [4.78, 5) is 4.69. The third-order valence-electron chi connectivity index (χ3n) is 3.08. The number of hydrogen-bond acceptors (Lipinski definition) is 2. The number of nitrogens with one attached hydrogen (secondary N) is 1. The molecule has 0 aliphatic carbocycles. The maximum absolute atomic E-state index is 4.69. The van der Waals surface area contributed by atoms with E-state index >= 15 is 0 Å². The van der Waals surface area contributed by atoms with E-state index in [-0.39, 0.29) is 0 Å². The molecule has 0 spiro atoms. The summed E-state index contributed by atoms with van der Waals surface area (Å²) < 4.78 is 2.11. The van der Waals surface area contributed by atoms with Gasteiger partial charge in [-0.25, -0.2) is 0 Å². The summed E-state index contributed by atoms with van der Waals surface area (Å²) in [6.45, 7) is 7.31. The van der Waals surface area contributed by atoms with Gasteiger partial charge in [0.05, 0.1) is 5.52 Å². The molecule has 1 aromatic carbocycles. The summed E-state index contributed by atoms with van der Waals surface area (Å²) in [5.74, 6) is 0. The standard InChI is InChI=1S/C14H16Br2N2/c1-4-7-17-13-8(2)9(3)18-14-11(16)6-5-10(15)12(13)14/h5-6H,4,7H2,1-3H3,(H,17,18). The molecule has 0 saturated heterocycles. The van der Waals surface area contributed by atoms with Gasteiger partial charge in [0.1, 0.15) is 0 Å². The Morgan fingerprint density at radius 2 is 1.83 bits per heavy atom. The van der Waals surface area contributed by atoms with E-state index in [4.69, 9.17) is 0 Å². The molecule has 1 N–H and O–H groups in total. The number of fused-ring (bicyclic) bond motifs is 1. The molecule has 0 atom stereocenters. The van der Waals surface area contributed by atoms with E-state index in [1.165, 1.54) is 11.3 Å². The summed E-state index contributed by atoms with van der Waals surface area (Å²) in [5, 5.41) is 4.68. The molecule has 4 heteroatoms. The van der Waals surface area contributed by atoms with Crippen LogP contribution in [0.4, 0.5) is 5.69 Å². The second kappa shape index (κ2) is 5.57. The third kappa shape index (κ3) is 2.41. The van der Waals surface area contributed by atoms with E-state index in [0.717, 1.165) is 38.5 Å². The number of anilines is 1. The minimum Gasteiger partial charge on any atom is -0.384 e. The van der Waals surface area contributed by atoms with Gasteiger partial charge in [-0.2, -0.15) is 0 Å². The molecule has 18 heavy (non-hydrogen) atoms. The van der Waals surface area contributed by atoms with Gasteiger partial charge >= 0.3 is 0 Å². The molecule has 0 aliphatic rings. The fourth-order valence-corrected chi connectivity index (χ4v) is 2.92. The second-order valence-electron chi connectivity index (χ2n) is 4.38. The van der Waals surface area contributed by atoms with Gasteiger partial charge in [-0.3, -0.25) is 4.98 Å². The first-order valence-electron chi connectivity index (χ1n) is 6.05. The highest BCUT2D eigenvalue weighted by molar-refractivity contribution is 9.11. The lowest BCUT2D eigenvalue weighted by Crippen LogP contribution is -2.05. The Labute approximate surface area is 124 Å². The highest BCUT2D eigenvalue weighted by Gasteiger charge is 2.13. The van der Waals surface area contributed by atoms with Crippen LogP contribution in [0.5, 0.6) is 0 Å². The van der Waals surface area contributed by atoms with Crippen LogP contribution in [0.15, 0.2) is 21.1 Å². The maximum Gasteiger partial charge on any atom is 0.0879 e. The number of hydrogen-bond donors (Lipinski definition) is 1. The topological polar surface area (TPSA) is 24.9 Å². The van der Waals surface area contributed by atoms with E-state index in [1.54, 1.807) is 0 Å². The fraction of sp³-hybridized carbons (Fsp3) is 0.357. The first kappa shape index (κ1) is 13.8. The number of aryl methyl sites for hydroxylation is 1. The number of halogens is 2. The highest BCUT2D eigenvalue weighted by Crippen LogP contribution is 2.37. The molecular weight excluding hydrogens is 356 g/mol. The Bertz CT molecular complexity index is 594. The Balaban J connectivity index is 2.79. The summed E-state index contributed by atoms with van der Waals surface area (Å²) in [7, 11) is 0. The van der Waals surface area contributed by atoms with Gasteiger partial charge in [0, 0.05) is 32.3 Å². The zero-order chi connectivity index (χ0) is 13.3. The van der Waals surface area contributed by atoms with Crippen molar-refractivity contribution in [3.05, 3.63) is 32.3 Å². The van der Waals surface area contributed by atoms with Crippen LogP contribution in [0.25, 0.3) is 10.9 Å². The van der Waals surface area contributed by atoms with E-state index in [1.807, 2.05) is 6.07 Å². The lowest BCUT2D eigenvalue weighted by molar-refractivity contribution is 0.977. The zero-order valence-corrected chi connectivity index (χ0v) is 13.9. The van der Waals surface area contributed by atoms with E-state index < -0.39 is 0 Å². The van der Waals surface area contributed by atoms with E-state index in [9.17, 15) is 0 Å². The smallest absolute Gasteiger partial charge is 0.0879 e. The molecule has 0 fully saturated rings. The third-order valence-corrected chi connectivity index (χ3v) is 4.38. The van der Waals surface area contributed by atoms with Gasteiger partial charge in [0.2, 0.25) is 0 Å². The molecule has 1 heterocycles. The second-order valence-corrected chi connectivity index (χ2v) is 6.09. The molecule has 2 nitrogen and oxygen atoms in total. The van der Waals surface area contributed by atoms with Crippen molar-refractivity contribution >= 4 is 48.5 Å². The summed E-state index contributed by atoms with van der Waals surface area (Å²) in [6, 6.07) is 4.08. The van der Waals surface area contributed by atoms with Crippen LogP contribution >= 0.6 is 31.9 Å². The molecule has 0 unspecified atom stereocenters. The SMILES string of the molecule is CCCNc1c(C)c(C)nc2c(Br)ccc(Br)c12. The quantitative estimate of drug-likeness (QED) is 0.802. The predicted molar refractivity (Wildman–Crippen MR) is 85.4 cm³/mol. The maximum atomic E-state index is 4.69. The molecule has 1 aromatic heterocycles. The minimum absolute atomic E-state index is 0.971. The summed E-state index contributed by atoms with van der Waals surface area (Å²) in [6.07, 6.45) is 1.11. The number of aromatic nitrogens is 1. The van der Waals surface area contributed by atoms with Crippen molar-refractivity contribution < 1.29 is 0 Å². The van der Waals surface area contributed by atoms with Crippen LogP contribution in [0.3, 0.4) is 0 Å². The first-order chi connectivity index (χ1) is 8.56. The molecule has 0 saturated carbocycles. The van der Waals surface area contributed by atoms with Crippen molar-refractivity contribution in [3.63, 3.8) is 0 Å². The van der Waals surface area contributed by atoms with Crippen LogP contribution in [-0.4, -0.2) is 11.5 Å². The van der Waals surface area contributed by atoms with Gasteiger partial charge < -0.3 is 5.32 Å². The molecule has 2 aromatic rings. The number of benzene rings is 1. The summed E-state index contributed by atoms with van der Waals surface area (Å²) in [5.41, 5.74) is 4.48. The number of rotatable bonds is 3. The summed E-state index contributed by atoms with van der Waals surface area (Å²) >= 11 is 7.21. The van der Waals surface area contributed by atoms with E-state index in [0.29, 0.717) is 0 Å².